The van der Waals surface area contributed by atoms with E-state index in [1.165, 1.54) is 0 Å². The van der Waals surface area contributed by atoms with E-state index in [0.717, 1.165) is 5.56 Å². The van der Waals surface area contributed by atoms with Gasteiger partial charge in [-0.25, -0.2) is 0 Å². The highest BCUT2D eigenvalue weighted by molar-refractivity contribution is 6.33. The highest BCUT2D eigenvalue weighted by Crippen LogP contribution is 2.28. The standard InChI is InChI=1S/C12H10Cl3N3O/c1-19-10-4-2-3-8(13)7(10)6-16-9-5-11(14)17-18-12(9)15/h2-5H,6H2,1H3,(H,16,17). The second-order valence-electron chi connectivity index (χ2n) is 3.65. The van der Waals surface area contributed by atoms with Gasteiger partial charge in [-0.2, -0.15) is 0 Å². The van der Waals surface area contributed by atoms with E-state index in [2.05, 4.69) is 15.5 Å². The third-order valence-corrected chi connectivity index (χ3v) is 3.29. The number of aromatic nitrogens is 2. The van der Waals surface area contributed by atoms with E-state index in [0.29, 0.717) is 23.0 Å². The first-order valence-corrected chi connectivity index (χ1v) is 6.49. The number of nitrogens with one attached hydrogen (secondary N) is 1. The molecule has 0 aliphatic heterocycles. The molecule has 0 radical (unpaired) electrons. The van der Waals surface area contributed by atoms with E-state index in [-0.39, 0.29) is 10.3 Å². The Kier molecular flexibility index (Phi) is 4.69. The van der Waals surface area contributed by atoms with Gasteiger partial charge in [0.15, 0.2) is 10.3 Å². The van der Waals surface area contributed by atoms with E-state index >= 15 is 0 Å². The van der Waals surface area contributed by atoms with Crippen LogP contribution in [0, 0.1) is 0 Å². The minimum Gasteiger partial charge on any atom is -0.496 e. The van der Waals surface area contributed by atoms with Gasteiger partial charge in [0.2, 0.25) is 0 Å². The molecule has 1 aromatic heterocycles. The van der Waals surface area contributed by atoms with Gasteiger partial charge in [0.05, 0.1) is 12.8 Å². The molecule has 2 rings (SSSR count). The largest absolute Gasteiger partial charge is 0.496 e. The molecule has 7 heteroatoms. The fourth-order valence-electron chi connectivity index (χ4n) is 1.56. The van der Waals surface area contributed by atoms with Crippen molar-refractivity contribution >= 4 is 40.5 Å². The maximum Gasteiger partial charge on any atom is 0.174 e. The summed E-state index contributed by atoms with van der Waals surface area (Å²) in [7, 11) is 1.59. The van der Waals surface area contributed by atoms with Crippen LogP contribution in [-0.4, -0.2) is 17.3 Å². The second kappa shape index (κ2) is 6.28. The van der Waals surface area contributed by atoms with Crippen LogP contribution in [0.4, 0.5) is 5.69 Å². The number of anilines is 1. The fourth-order valence-corrected chi connectivity index (χ4v) is 2.10. The Morgan fingerprint density at radius 3 is 2.74 bits per heavy atom. The molecule has 0 aliphatic carbocycles. The van der Waals surface area contributed by atoms with Gasteiger partial charge in [0, 0.05) is 23.2 Å². The van der Waals surface area contributed by atoms with E-state index in [1.54, 1.807) is 19.2 Å². The minimum absolute atomic E-state index is 0.246. The summed E-state index contributed by atoms with van der Waals surface area (Å²) in [4.78, 5) is 0. The molecular weight excluding hydrogens is 309 g/mol. The first kappa shape index (κ1) is 14.2. The highest BCUT2D eigenvalue weighted by Gasteiger charge is 2.09. The summed E-state index contributed by atoms with van der Waals surface area (Å²) in [6.07, 6.45) is 0. The molecule has 0 unspecified atom stereocenters. The number of rotatable bonds is 4. The molecule has 1 N–H and O–H groups in total. The van der Waals surface area contributed by atoms with Crippen LogP contribution in [0.5, 0.6) is 5.75 Å². The average Bonchev–Trinajstić information content (AvgIpc) is 2.40. The number of benzene rings is 1. The van der Waals surface area contributed by atoms with E-state index in [4.69, 9.17) is 39.5 Å². The number of hydrogen-bond donors (Lipinski definition) is 1. The summed E-state index contributed by atoms with van der Waals surface area (Å²) in [5.41, 5.74) is 1.42. The molecule has 0 saturated heterocycles. The summed E-state index contributed by atoms with van der Waals surface area (Å²) >= 11 is 17.8. The van der Waals surface area contributed by atoms with Gasteiger partial charge in [0.1, 0.15) is 5.75 Å². The third-order valence-electron chi connectivity index (χ3n) is 2.47. The third kappa shape index (κ3) is 3.41. The van der Waals surface area contributed by atoms with Crippen molar-refractivity contribution in [2.24, 2.45) is 0 Å². The van der Waals surface area contributed by atoms with Crippen molar-refractivity contribution < 1.29 is 4.74 Å². The second-order valence-corrected chi connectivity index (χ2v) is 4.80. The van der Waals surface area contributed by atoms with Crippen LogP contribution in [0.25, 0.3) is 0 Å². The highest BCUT2D eigenvalue weighted by atomic mass is 35.5. The van der Waals surface area contributed by atoms with Crippen molar-refractivity contribution in [2.45, 2.75) is 6.54 Å². The summed E-state index contributed by atoms with van der Waals surface area (Å²) in [6, 6.07) is 7.05. The maximum atomic E-state index is 6.14. The fraction of sp³-hybridized carbons (Fsp3) is 0.167. The predicted octanol–water partition coefficient (Wildman–Crippen LogP) is 4.06. The van der Waals surface area contributed by atoms with Crippen LogP contribution in [0.3, 0.4) is 0 Å². The van der Waals surface area contributed by atoms with Crippen molar-refractivity contribution in [2.75, 3.05) is 12.4 Å². The molecule has 4 nitrogen and oxygen atoms in total. The van der Waals surface area contributed by atoms with Gasteiger partial charge in [-0.1, -0.05) is 40.9 Å². The molecular formula is C12H10Cl3N3O. The zero-order valence-electron chi connectivity index (χ0n) is 9.95. The molecule has 19 heavy (non-hydrogen) atoms. The Bertz CT molecular complexity index is 592. The van der Waals surface area contributed by atoms with Gasteiger partial charge in [-0.05, 0) is 12.1 Å². The average molecular weight is 319 g/mol. The first-order valence-electron chi connectivity index (χ1n) is 5.36. The molecule has 0 amide bonds. The number of halogens is 3. The number of nitrogens with zero attached hydrogens (tertiary/aromatic N) is 2. The van der Waals surface area contributed by atoms with Crippen LogP contribution in [0.1, 0.15) is 5.56 Å². The number of ether oxygens (including phenoxy) is 1. The van der Waals surface area contributed by atoms with E-state index in [9.17, 15) is 0 Å². The number of methoxy groups -OCH3 is 1. The lowest BCUT2D eigenvalue weighted by atomic mass is 10.2. The van der Waals surface area contributed by atoms with Gasteiger partial charge < -0.3 is 10.1 Å². The first-order chi connectivity index (χ1) is 9.11. The molecule has 1 heterocycles. The van der Waals surface area contributed by atoms with Crippen LogP contribution in [0.2, 0.25) is 15.3 Å². The van der Waals surface area contributed by atoms with Crippen LogP contribution in [-0.2, 0) is 6.54 Å². The molecule has 0 spiro atoms. The lowest BCUT2D eigenvalue weighted by Gasteiger charge is -2.12. The van der Waals surface area contributed by atoms with Crippen molar-refractivity contribution in [3.8, 4) is 5.75 Å². The van der Waals surface area contributed by atoms with E-state index < -0.39 is 0 Å². The smallest absolute Gasteiger partial charge is 0.174 e. The van der Waals surface area contributed by atoms with Crippen LogP contribution >= 0.6 is 34.8 Å². The van der Waals surface area contributed by atoms with E-state index in [1.807, 2.05) is 12.1 Å². The Morgan fingerprint density at radius 1 is 1.21 bits per heavy atom. The van der Waals surface area contributed by atoms with Gasteiger partial charge in [-0.15, -0.1) is 10.2 Å². The van der Waals surface area contributed by atoms with Crippen LogP contribution in [0.15, 0.2) is 24.3 Å². The minimum atomic E-state index is 0.246. The normalized spacial score (nSPS) is 10.3. The lowest BCUT2D eigenvalue weighted by molar-refractivity contribution is 0.410. The Balaban J connectivity index is 2.21. The molecule has 100 valence electrons. The van der Waals surface area contributed by atoms with Crippen molar-refractivity contribution in [1.82, 2.24) is 10.2 Å². The Morgan fingerprint density at radius 2 is 2.00 bits per heavy atom. The topological polar surface area (TPSA) is 47.0 Å². The van der Waals surface area contributed by atoms with Gasteiger partial charge >= 0.3 is 0 Å². The lowest BCUT2D eigenvalue weighted by Crippen LogP contribution is -2.04. The van der Waals surface area contributed by atoms with Gasteiger partial charge in [0.25, 0.3) is 0 Å². The SMILES string of the molecule is COc1cccc(Cl)c1CNc1cc(Cl)nnc1Cl. The predicted molar refractivity (Wildman–Crippen MR) is 77.4 cm³/mol. The zero-order valence-corrected chi connectivity index (χ0v) is 12.2. The molecule has 0 fully saturated rings. The summed E-state index contributed by atoms with van der Waals surface area (Å²) in [5, 5.41) is 11.6. The Labute approximate surface area is 125 Å². The molecule has 0 aliphatic rings. The summed E-state index contributed by atoms with van der Waals surface area (Å²) in [6.45, 7) is 0.435. The number of hydrogen-bond acceptors (Lipinski definition) is 4. The van der Waals surface area contributed by atoms with Crippen molar-refractivity contribution in [3.63, 3.8) is 0 Å². The molecule has 0 saturated carbocycles. The Hall–Kier alpha value is -1.23. The maximum absolute atomic E-state index is 6.14. The van der Waals surface area contributed by atoms with Crippen LogP contribution < -0.4 is 10.1 Å². The molecule has 2 aromatic rings. The van der Waals surface area contributed by atoms with Crippen molar-refractivity contribution in [3.05, 3.63) is 45.2 Å². The summed E-state index contributed by atoms with van der Waals surface area (Å²) < 4.78 is 5.26. The molecule has 0 bridgehead atoms. The zero-order chi connectivity index (χ0) is 13.8. The molecule has 0 atom stereocenters. The van der Waals surface area contributed by atoms with Gasteiger partial charge in [-0.3, -0.25) is 0 Å². The molecule has 1 aromatic carbocycles. The summed E-state index contributed by atoms with van der Waals surface area (Å²) in [5.74, 6) is 0.698. The quantitative estimate of drug-likeness (QED) is 0.923. The monoisotopic (exact) mass is 317 g/mol. The van der Waals surface area contributed by atoms with Crippen molar-refractivity contribution in [1.29, 1.82) is 0 Å².